The molecule has 0 spiro atoms. The molecule has 3 aromatic rings. The molecule has 4 rings (SSSR count). The smallest absolute Gasteiger partial charge is 0.293 e. The molecule has 9 nitrogen and oxygen atoms in total. The first kappa shape index (κ1) is 21.0. The van der Waals surface area contributed by atoms with Crippen LogP contribution in [0.2, 0.25) is 0 Å². The SMILES string of the molecule is Cc1ccc(NC(=O)C(Sc2nnnn2C2CCCC2)c2ccccc2)c([N+](=O)[O-])c1. The monoisotopic (exact) mass is 438 g/mol. The molecule has 0 aliphatic heterocycles. The van der Waals surface area contributed by atoms with Crippen molar-refractivity contribution in [3.05, 3.63) is 69.8 Å². The van der Waals surface area contributed by atoms with Gasteiger partial charge in [0.2, 0.25) is 11.1 Å². The van der Waals surface area contributed by atoms with Crippen molar-refractivity contribution in [3.63, 3.8) is 0 Å². The standard InChI is InChI=1S/C21H22N6O3S/c1-14-11-12-17(18(13-14)27(29)30)22-20(28)19(15-7-3-2-4-8-15)31-21-23-24-25-26(21)16-9-5-6-10-16/h2-4,7-8,11-13,16,19H,5-6,9-10H2,1H3,(H,22,28). The van der Waals surface area contributed by atoms with Gasteiger partial charge in [-0.2, -0.15) is 0 Å². The molecule has 1 heterocycles. The number of aromatic nitrogens is 4. The van der Waals surface area contributed by atoms with Crippen LogP contribution in [0, 0.1) is 17.0 Å². The van der Waals surface area contributed by atoms with Crippen LogP contribution in [0.4, 0.5) is 11.4 Å². The Morgan fingerprint density at radius 1 is 1.23 bits per heavy atom. The summed E-state index contributed by atoms with van der Waals surface area (Å²) < 4.78 is 1.80. The van der Waals surface area contributed by atoms with Crippen LogP contribution in [0.1, 0.15) is 48.1 Å². The summed E-state index contributed by atoms with van der Waals surface area (Å²) in [7, 11) is 0. The number of nitrogens with zero attached hydrogens (tertiary/aromatic N) is 5. The van der Waals surface area contributed by atoms with E-state index in [1.165, 1.54) is 17.8 Å². The van der Waals surface area contributed by atoms with Gasteiger partial charge in [0.05, 0.1) is 11.0 Å². The van der Waals surface area contributed by atoms with E-state index in [4.69, 9.17) is 0 Å². The first-order chi connectivity index (χ1) is 15.0. The maximum absolute atomic E-state index is 13.3. The lowest BCUT2D eigenvalue weighted by molar-refractivity contribution is -0.384. The molecule has 10 heteroatoms. The minimum atomic E-state index is -0.673. The third-order valence-electron chi connectivity index (χ3n) is 5.30. The van der Waals surface area contributed by atoms with Crippen LogP contribution in [0.25, 0.3) is 0 Å². The third-order valence-corrected chi connectivity index (χ3v) is 6.51. The summed E-state index contributed by atoms with van der Waals surface area (Å²) in [6.07, 6.45) is 4.29. The van der Waals surface area contributed by atoms with E-state index in [1.54, 1.807) is 23.7 Å². The number of hydrogen-bond donors (Lipinski definition) is 1. The van der Waals surface area contributed by atoms with Crippen molar-refractivity contribution in [2.45, 2.75) is 49.1 Å². The van der Waals surface area contributed by atoms with Crippen LogP contribution >= 0.6 is 11.8 Å². The Hall–Kier alpha value is -3.27. The average molecular weight is 439 g/mol. The van der Waals surface area contributed by atoms with Crippen LogP contribution < -0.4 is 5.32 Å². The molecule has 31 heavy (non-hydrogen) atoms. The number of amides is 1. The Morgan fingerprint density at radius 2 is 1.97 bits per heavy atom. The number of nitro groups is 1. The van der Waals surface area contributed by atoms with Gasteiger partial charge in [-0.25, -0.2) is 4.68 Å². The van der Waals surface area contributed by atoms with E-state index in [1.807, 2.05) is 30.3 Å². The van der Waals surface area contributed by atoms with Crippen molar-refractivity contribution in [3.8, 4) is 0 Å². The number of hydrogen-bond acceptors (Lipinski definition) is 7. The fourth-order valence-electron chi connectivity index (χ4n) is 3.74. The summed E-state index contributed by atoms with van der Waals surface area (Å²) in [4.78, 5) is 24.3. The van der Waals surface area contributed by atoms with E-state index in [2.05, 4.69) is 20.8 Å². The van der Waals surface area contributed by atoms with Crippen molar-refractivity contribution >= 4 is 29.0 Å². The number of tetrazole rings is 1. The lowest BCUT2D eigenvalue weighted by Crippen LogP contribution is -2.20. The number of benzene rings is 2. The van der Waals surface area contributed by atoms with E-state index < -0.39 is 10.2 Å². The Morgan fingerprint density at radius 3 is 2.68 bits per heavy atom. The van der Waals surface area contributed by atoms with E-state index in [-0.39, 0.29) is 23.3 Å². The Labute approximate surface area is 183 Å². The second kappa shape index (κ2) is 9.25. The quantitative estimate of drug-likeness (QED) is 0.328. The van der Waals surface area contributed by atoms with Crippen molar-refractivity contribution < 1.29 is 9.72 Å². The van der Waals surface area contributed by atoms with Gasteiger partial charge in [-0.15, -0.1) is 5.10 Å². The molecule has 1 aliphatic carbocycles. The fraction of sp³-hybridized carbons (Fsp3) is 0.333. The Balaban J connectivity index is 1.63. The summed E-state index contributed by atoms with van der Waals surface area (Å²) in [5.41, 5.74) is 1.54. The zero-order chi connectivity index (χ0) is 21.8. The molecule has 160 valence electrons. The van der Waals surface area contributed by atoms with Crippen LogP contribution in [0.5, 0.6) is 0 Å². The summed E-state index contributed by atoms with van der Waals surface area (Å²) >= 11 is 1.25. The summed E-state index contributed by atoms with van der Waals surface area (Å²) in [5, 5.41) is 26.2. The highest BCUT2D eigenvalue weighted by Crippen LogP contribution is 2.39. The number of thioether (sulfide) groups is 1. The maximum atomic E-state index is 13.3. The van der Waals surface area contributed by atoms with Gasteiger partial charge in [0.1, 0.15) is 10.9 Å². The topological polar surface area (TPSA) is 116 Å². The van der Waals surface area contributed by atoms with E-state index in [0.29, 0.717) is 5.16 Å². The number of carbonyl (C=O) groups is 1. The van der Waals surface area contributed by atoms with Gasteiger partial charge in [0, 0.05) is 6.07 Å². The van der Waals surface area contributed by atoms with Crippen LogP contribution in [-0.4, -0.2) is 31.0 Å². The molecule has 2 aromatic carbocycles. The van der Waals surface area contributed by atoms with Crippen LogP contribution in [0.3, 0.4) is 0 Å². The van der Waals surface area contributed by atoms with Gasteiger partial charge >= 0.3 is 0 Å². The predicted octanol–water partition coefficient (Wildman–Crippen LogP) is 4.48. The first-order valence-corrected chi connectivity index (χ1v) is 11.0. The molecular weight excluding hydrogens is 416 g/mol. The molecule has 0 radical (unpaired) electrons. The Bertz CT molecular complexity index is 1080. The van der Waals surface area contributed by atoms with Crippen molar-refractivity contribution in [2.24, 2.45) is 0 Å². The second-order valence-electron chi connectivity index (χ2n) is 7.52. The van der Waals surface area contributed by atoms with Crippen molar-refractivity contribution in [1.82, 2.24) is 20.2 Å². The van der Waals surface area contributed by atoms with Gasteiger partial charge in [0.15, 0.2) is 0 Å². The van der Waals surface area contributed by atoms with Crippen LogP contribution in [0.15, 0.2) is 53.7 Å². The van der Waals surface area contributed by atoms with Gasteiger partial charge in [0.25, 0.3) is 5.69 Å². The lowest BCUT2D eigenvalue weighted by Gasteiger charge is -2.18. The minimum Gasteiger partial charge on any atom is -0.319 e. The van der Waals surface area contributed by atoms with Gasteiger partial charge in [-0.3, -0.25) is 14.9 Å². The first-order valence-electron chi connectivity index (χ1n) is 10.1. The zero-order valence-electron chi connectivity index (χ0n) is 17.0. The Kier molecular flexibility index (Phi) is 6.26. The third kappa shape index (κ3) is 4.74. The summed E-state index contributed by atoms with van der Waals surface area (Å²) in [6.45, 7) is 1.77. The maximum Gasteiger partial charge on any atom is 0.293 e. The highest BCUT2D eigenvalue weighted by atomic mass is 32.2. The van der Waals surface area contributed by atoms with Crippen molar-refractivity contribution in [2.75, 3.05) is 5.32 Å². The highest BCUT2D eigenvalue weighted by Gasteiger charge is 2.29. The van der Waals surface area contributed by atoms with Gasteiger partial charge < -0.3 is 5.32 Å². The fourth-order valence-corrected chi connectivity index (χ4v) is 4.79. The molecule has 1 unspecified atom stereocenters. The van der Waals surface area contributed by atoms with Gasteiger partial charge in [-0.05, 0) is 47.4 Å². The molecule has 0 saturated heterocycles. The molecule has 0 bridgehead atoms. The van der Waals surface area contributed by atoms with Gasteiger partial charge in [-0.1, -0.05) is 61.0 Å². The summed E-state index contributed by atoms with van der Waals surface area (Å²) in [5.74, 6) is -0.371. The average Bonchev–Trinajstić information content (AvgIpc) is 3.45. The molecular formula is C21H22N6O3S. The lowest BCUT2D eigenvalue weighted by atomic mass is 10.1. The molecule has 1 fully saturated rings. The number of nitro benzene ring substituents is 1. The molecule has 1 aromatic heterocycles. The number of carbonyl (C=O) groups excluding carboxylic acids is 1. The molecule has 1 saturated carbocycles. The van der Waals surface area contributed by atoms with E-state index in [0.717, 1.165) is 36.8 Å². The predicted molar refractivity (Wildman–Crippen MR) is 117 cm³/mol. The largest absolute Gasteiger partial charge is 0.319 e. The number of rotatable bonds is 7. The number of aryl methyl sites for hydroxylation is 1. The van der Waals surface area contributed by atoms with E-state index in [9.17, 15) is 14.9 Å². The molecule has 1 amide bonds. The summed E-state index contributed by atoms with van der Waals surface area (Å²) in [6, 6.07) is 14.2. The molecule has 1 atom stereocenters. The normalized spacial score (nSPS) is 15.0. The number of nitrogens with one attached hydrogen (secondary N) is 1. The minimum absolute atomic E-state index is 0.138. The zero-order valence-corrected chi connectivity index (χ0v) is 17.8. The molecule has 1 aliphatic rings. The van der Waals surface area contributed by atoms with E-state index >= 15 is 0 Å². The second-order valence-corrected chi connectivity index (χ2v) is 8.59. The number of anilines is 1. The molecule has 1 N–H and O–H groups in total. The van der Waals surface area contributed by atoms with Crippen LogP contribution in [-0.2, 0) is 4.79 Å². The highest BCUT2D eigenvalue weighted by molar-refractivity contribution is 8.00. The van der Waals surface area contributed by atoms with Crippen molar-refractivity contribution in [1.29, 1.82) is 0 Å².